The lowest BCUT2D eigenvalue weighted by Crippen LogP contribution is -2.07. The Hall–Kier alpha value is -1.55. The topological polar surface area (TPSA) is 66.4 Å². The van der Waals surface area contributed by atoms with Crippen molar-refractivity contribution in [2.24, 2.45) is 0 Å². The molecule has 1 amide bonds. The van der Waals surface area contributed by atoms with Crippen LogP contribution in [0.3, 0.4) is 0 Å². The van der Waals surface area contributed by atoms with Gasteiger partial charge in [-0.05, 0) is 18.1 Å². The average Bonchev–Trinajstić information content (AvgIpc) is 2.18. The number of carboxylic acid groups (broad SMARTS) is 1. The van der Waals surface area contributed by atoms with Crippen LogP contribution >= 0.6 is 11.6 Å². The van der Waals surface area contributed by atoms with Crippen molar-refractivity contribution in [3.63, 3.8) is 0 Å². The zero-order chi connectivity index (χ0) is 12.1. The number of anilines is 1. The van der Waals surface area contributed by atoms with Gasteiger partial charge in [0.05, 0.1) is 10.7 Å². The molecule has 0 aromatic heterocycles. The average molecular weight is 242 g/mol. The molecule has 4 nitrogen and oxygen atoms in total. The van der Waals surface area contributed by atoms with Crippen molar-refractivity contribution < 1.29 is 14.7 Å². The Bertz CT molecular complexity index is 418. The van der Waals surface area contributed by atoms with Crippen molar-refractivity contribution in [1.82, 2.24) is 0 Å². The Kier molecular flexibility index (Phi) is 4.31. The lowest BCUT2D eigenvalue weighted by Gasteiger charge is -2.08. The van der Waals surface area contributed by atoms with Crippen molar-refractivity contribution in [2.75, 3.05) is 5.32 Å². The summed E-state index contributed by atoms with van der Waals surface area (Å²) >= 11 is 6.03. The molecule has 16 heavy (non-hydrogen) atoms. The number of rotatable bonds is 4. The Balaban J connectivity index is 2.85. The van der Waals surface area contributed by atoms with Gasteiger partial charge in [0.15, 0.2) is 0 Å². The number of hydrogen-bond acceptors (Lipinski definition) is 2. The van der Waals surface area contributed by atoms with Crippen LogP contribution in [0.1, 0.15) is 18.9 Å². The molecule has 5 heteroatoms. The largest absolute Gasteiger partial charge is 0.481 e. The maximum absolute atomic E-state index is 10.9. The molecule has 2 N–H and O–H groups in total. The molecular weight excluding hydrogens is 230 g/mol. The van der Waals surface area contributed by atoms with Crippen molar-refractivity contribution in [2.45, 2.75) is 19.8 Å². The monoisotopic (exact) mass is 241 g/mol. The molecule has 0 fully saturated rings. The molecule has 0 aliphatic rings. The quantitative estimate of drug-likeness (QED) is 0.850. The first kappa shape index (κ1) is 12.5. The molecule has 0 atom stereocenters. The van der Waals surface area contributed by atoms with Crippen LogP contribution in [-0.4, -0.2) is 17.0 Å². The fourth-order valence-electron chi connectivity index (χ4n) is 1.30. The molecule has 0 unspecified atom stereocenters. The van der Waals surface area contributed by atoms with Crippen molar-refractivity contribution >= 4 is 29.2 Å². The fourth-order valence-corrected chi connectivity index (χ4v) is 1.57. The standard InChI is InChI=1S/C11H12ClNO3/c1-7(14)13-9-4-2-3-8(11(9)12)5-6-10(15)16/h2-4H,5-6H2,1H3,(H,13,14)(H,15,16). The second kappa shape index (κ2) is 5.51. The first-order valence-electron chi connectivity index (χ1n) is 4.77. The van der Waals surface area contributed by atoms with Crippen LogP contribution in [-0.2, 0) is 16.0 Å². The maximum Gasteiger partial charge on any atom is 0.303 e. The third-order valence-corrected chi connectivity index (χ3v) is 2.44. The number of hydrogen-bond donors (Lipinski definition) is 2. The molecule has 0 spiro atoms. The van der Waals surface area contributed by atoms with Gasteiger partial charge in [0.25, 0.3) is 0 Å². The van der Waals surface area contributed by atoms with Gasteiger partial charge >= 0.3 is 5.97 Å². The summed E-state index contributed by atoms with van der Waals surface area (Å²) in [6.07, 6.45) is 0.366. The summed E-state index contributed by atoms with van der Waals surface area (Å²) in [6, 6.07) is 5.15. The zero-order valence-corrected chi connectivity index (χ0v) is 9.54. The highest BCUT2D eigenvalue weighted by atomic mass is 35.5. The summed E-state index contributed by atoms with van der Waals surface area (Å²) in [5.74, 6) is -1.08. The van der Waals surface area contributed by atoms with Crippen molar-refractivity contribution in [1.29, 1.82) is 0 Å². The molecule has 1 rings (SSSR count). The lowest BCUT2D eigenvalue weighted by molar-refractivity contribution is -0.137. The van der Waals surface area contributed by atoms with E-state index in [-0.39, 0.29) is 12.3 Å². The van der Waals surface area contributed by atoms with E-state index >= 15 is 0 Å². The van der Waals surface area contributed by atoms with E-state index < -0.39 is 5.97 Å². The minimum Gasteiger partial charge on any atom is -0.481 e. The van der Waals surface area contributed by atoms with E-state index in [0.717, 1.165) is 5.56 Å². The predicted molar refractivity (Wildman–Crippen MR) is 61.7 cm³/mol. The fraction of sp³-hybridized carbons (Fsp3) is 0.273. The minimum atomic E-state index is -0.874. The summed E-state index contributed by atoms with van der Waals surface area (Å²) in [4.78, 5) is 21.3. The van der Waals surface area contributed by atoms with Crippen LogP contribution in [0.15, 0.2) is 18.2 Å². The molecule has 0 aliphatic heterocycles. The highest BCUT2D eigenvalue weighted by Gasteiger charge is 2.08. The third-order valence-electron chi connectivity index (χ3n) is 2.00. The van der Waals surface area contributed by atoms with Crippen molar-refractivity contribution in [3.05, 3.63) is 28.8 Å². The van der Waals surface area contributed by atoms with E-state index in [9.17, 15) is 9.59 Å². The summed E-state index contributed by atoms with van der Waals surface area (Å²) < 4.78 is 0. The summed E-state index contributed by atoms with van der Waals surface area (Å²) in [7, 11) is 0. The number of carbonyl (C=O) groups is 2. The van der Waals surface area contributed by atoms with Crippen LogP contribution in [0, 0.1) is 0 Å². The van der Waals surface area contributed by atoms with Crippen LogP contribution in [0.5, 0.6) is 0 Å². The SMILES string of the molecule is CC(=O)Nc1cccc(CCC(=O)O)c1Cl. The number of carboxylic acids is 1. The minimum absolute atomic E-state index is 0.0171. The first-order chi connectivity index (χ1) is 7.50. The van der Waals surface area contributed by atoms with Gasteiger partial charge in [-0.2, -0.15) is 0 Å². The Morgan fingerprint density at radius 2 is 2.12 bits per heavy atom. The van der Waals surface area contributed by atoms with Crippen LogP contribution < -0.4 is 5.32 Å². The zero-order valence-electron chi connectivity index (χ0n) is 8.79. The number of nitrogens with one attached hydrogen (secondary N) is 1. The Labute approximate surface area is 98.2 Å². The Morgan fingerprint density at radius 3 is 2.69 bits per heavy atom. The van der Waals surface area contributed by atoms with Crippen LogP contribution in [0.2, 0.25) is 5.02 Å². The highest BCUT2D eigenvalue weighted by Crippen LogP contribution is 2.26. The van der Waals surface area contributed by atoms with E-state index in [4.69, 9.17) is 16.7 Å². The molecule has 0 radical (unpaired) electrons. The van der Waals surface area contributed by atoms with E-state index in [1.807, 2.05) is 0 Å². The predicted octanol–water partition coefficient (Wildman–Crippen LogP) is 2.32. The van der Waals surface area contributed by atoms with E-state index in [0.29, 0.717) is 17.1 Å². The van der Waals surface area contributed by atoms with E-state index in [2.05, 4.69) is 5.32 Å². The second-order valence-electron chi connectivity index (χ2n) is 3.35. The molecule has 1 aromatic rings. The number of aliphatic carboxylic acids is 1. The number of halogens is 1. The van der Waals surface area contributed by atoms with Gasteiger partial charge < -0.3 is 10.4 Å². The third kappa shape index (κ3) is 3.55. The van der Waals surface area contributed by atoms with Gasteiger partial charge in [-0.3, -0.25) is 9.59 Å². The first-order valence-corrected chi connectivity index (χ1v) is 5.15. The second-order valence-corrected chi connectivity index (χ2v) is 3.73. The van der Waals surface area contributed by atoms with Gasteiger partial charge in [0.2, 0.25) is 5.91 Å². The highest BCUT2D eigenvalue weighted by molar-refractivity contribution is 6.34. The van der Waals surface area contributed by atoms with Crippen LogP contribution in [0.4, 0.5) is 5.69 Å². The van der Waals surface area contributed by atoms with Gasteiger partial charge in [-0.25, -0.2) is 0 Å². The number of amides is 1. The molecule has 0 aliphatic carbocycles. The van der Waals surface area contributed by atoms with Gasteiger partial charge in [-0.1, -0.05) is 23.7 Å². The van der Waals surface area contributed by atoms with Gasteiger partial charge in [-0.15, -0.1) is 0 Å². The van der Waals surface area contributed by atoms with Crippen molar-refractivity contribution in [3.8, 4) is 0 Å². The molecule has 0 saturated heterocycles. The van der Waals surface area contributed by atoms with E-state index in [1.165, 1.54) is 6.92 Å². The number of aryl methyl sites for hydroxylation is 1. The van der Waals surface area contributed by atoms with E-state index in [1.54, 1.807) is 18.2 Å². The summed E-state index contributed by atoms with van der Waals surface area (Å²) in [5.41, 5.74) is 1.23. The summed E-state index contributed by atoms with van der Waals surface area (Å²) in [6.45, 7) is 1.39. The summed E-state index contributed by atoms with van der Waals surface area (Å²) in [5, 5.41) is 11.6. The number of carbonyl (C=O) groups excluding carboxylic acids is 1. The van der Waals surface area contributed by atoms with Gasteiger partial charge in [0, 0.05) is 13.3 Å². The number of benzene rings is 1. The van der Waals surface area contributed by atoms with Crippen LogP contribution in [0.25, 0.3) is 0 Å². The molecule has 86 valence electrons. The molecule has 1 aromatic carbocycles. The lowest BCUT2D eigenvalue weighted by atomic mass is 10.1. The molecular formula is C11H12ClNO3. The smallest absolute Gasteiger partial charge is 0.303 e. The Morgan fingerprint density at radius 1 is 1.44 bits per heavy atom. The molecule has 0 heterocycles. The molecule has 0 saturated carbocycles. The van der Waals surface area contributed by atoms with Gasteiger partial charge in [0.1, 0.15) is 0 Å². The maximum atomic E-state index is 10.9. The molecule has 0 bridgehead atoms. The normalized spacial score (nSPS) is 9.88.